The zero-order valence-electron chi connectivity index (χ0n) is 14.9. The molecule has 0 spiro atoms. The number of urea groups is 1. The number of benzene rings is 2. The number of hydrogen-bond acceptors (Lipinski definition) is 4. The smallest absolute Gasteiger partial charge is 0.317 e. The van der Waals surface area contributed by atoms with E-state index in [-0.39, 0.29) is 12.6 Å². The summed E-state index contributed by atoms with van der Waals surface area (Å²) in [5.74, 6) is 0.806. The monoisotopic (exact) mass is 358 g/mol. The Hall–Kier alpha value is -2.31. The highest BCUT2D eigenvalue weighted by atomic mass is 16.5. The number of carbonyl (C=O) groups is 1. The van der Waals surface area contributed by atoms with Crippen LogP contribution in [0.25, 0.3) is 10.8 Å². The number of likely N-dealkylation sites (tertiary alicyclic amines) is 1. The van der Waals surface area contributed by atoms with Gasteiger partial charge in [0.1, 0.15) is 12.4 Å². The van der Waals surface area contributed by atoms with Gasteiger partial charge in [0.15, 0.2) is 0 Å². The van der Waals surface area contributed by atoms with E-state index in [0.717, 1.165) is 16.5 Å². The Morgan fingerprint density at radius 2 is 1.96 bits per heavy atom. The second kappa shape index (κ2) is 8.38. The lowest BCUT2D eigenvalue weighted by Gasteiger charge is -2.24. The molecule has 1 saturated heterocycles. The van der Waals surface area contributed by atoms with Gasteiger partial charge in [0.05, 0.1) is 18.8 Å². The van der Waals surface area contributed by atoms with Gasteiger partial charge in [-0.25, -0.2) is 4.79 Å². The number of aliphatic hydroxyl groups is 2. The molecule has 6 nitrogen and oxygen atoms in total. The van der Waals surface area contributed by atoms with Crippen LogP contribution in [-0.4, -0.2) is 59.6 Å². The van der Waals surface area contributed by atoms with E-state index in [2.05, 4.69) is 5.32 Å². The van der Waals surface area contributed by atoms with E-state index in [0.29, 0.717) is 45.5 Å². The maximum absolute atomic E-state index is 12.3. The zero-order valence-corrected chi connectivity index (χ0v) is 14.9. The molecule has 2 aromatic carbocycles. The number of nitrogens with one attached hydrogen (secondary N) is 1. The third-order valence-corrected chi connectivity index (χ3v) is 4.88. The van der Waals surface area contributed by atoms with Crippen molar-refractivity contribution in [3.05, 3.63) is 42.5 Å². The van der Waals surface area contributed by atoms with Gasteiger partial charge in [-0.05, 0) is 30.7 Å². The van der Waals surface area contributed by atoms with E-state index in [1.165, 1.54) is 0 Å². The number of aliphatic hydroxyl groups excluding tert-OH is 1. The van der Waals surface area contributed by atoms with Crippen LogP contribution in [0.2, 0.25) is 0 Å². The molecule has 1 aliphatic heterocycles. The van der Waals surface area contributed by atoms with Crippen molar-refractivity contribution in [1.29, 1.82) is 0 Å². The van der Waals surface area contributed by atoms with Gasteiger partial charge >= 0.3 is 6.03 Å². The molecule has 0 radical (unpaired) electrons. The summed E-state index contributed by atoms with van der Waals surface area (Å²) in [6, 6.07) is 13.8. The molecule has 0 aliphatic carbocycles. The first-order chi connectivity index (χ1) is 12.6. The van der Waals surface area contributed by atoms with Gasteiger partial charge in [-0.2, -0.15) is 0 Å². The lowest BCUT2D eigenvalue weighted by atomic mass is 9.96. The van der Waals surface area contributed by atoms with Gasteiger partial charge in [-0.1, -0.05) is 36.4 Å². The van der Waals surface area contributed by atoms with E-state index in [4.69, 9.17) is 4.74 Å². The molecule has 6 heteroatoms. The Bertz CT molecular complexity index is 746. The fourth-order valence-electron chi connectivity index (χ4n) is 3.29. The molecule has 3 rings (SSSR count). The molecule has 3 N–H and O–H groups in total. The maximum atomic E-state index is 12.3. The highest BCUT2D eigenvalue weighted by molar-refractivity contribution is 5.88. The quantitative estimate of drug-likeness (QED) is 0.715. The van der Waals surface area contributed by atoms with Crippen LogP contribution in [0.4, 0.5) is 4.79 Å². The second-order valence-electron chi connectivity index (χ2n) is 6.78. The summed E-state index contributed by atoms with van der Waals surface area (Å²) in [5, 5.41) is 24.5. The number of rotatable bonds is 5. The molecule has 140 valence electrons. The fourth-order valence-corrected chi connectivity index (χ4v) is 3.29. The Morgan fingerprint density at radius 3 is 2.81 bits per heavy atom. The molecule has 0 saturated carbocycles. The highest BCUT2D eigenvalue weighted by Gasteiger charge is 2.30. The van der Waals surface area contributed by atoms with Gasteiger partial charge in [0.2, 0.25) is 0 Å². The fraction of sp³-hybridized carbons (Fsp3) is 0.450. The first-order valence-corrected chi connectivity index (χ1v) is 9.08. The van der Waals surface area contributed by atoms with E-state index in [9.17, 15) is 15.0 Å². The SMILES string of the molecule is O=C(NCCOc1cccc2ccccc12)N1CCC[C@](O)(CO)CC1. The van der Waals surface area contributed by atoms with Crippen LogP contribution >= 0.6 is 0 Å². The summed E-state index contributed by atoms with van der Waals surface area (Å²) in [4.78, 5) is 14.0. The highest BCUT2D eigenvalue weighted by Crippen LogP contribution is 2.25. The van der Waals surface area contributed by atoms with Crippen molar-refractivity contribution in [2.24, 2.45) is 0 Å². The van der Waals surface area contributed by atoms with Gasteiger partial charge in [-0.15, -0.1) is 0 Å². The van der Waals surface area contributed by atoms with E-state index >= 15 is 0 Å². The van der Waals surface area contributed by atoms with E-state index < -0.39 is 5.60 Å². The molecule has 1 heterocycles. The number of amides is 2. The zero-order chi connectivity index (χ0) is 18.4. The van der Waals surface area contributed by atoms with Crippen LogP contribution in [0.15, 0.2) is 42.5 Å². The third-order valence-electron chi connectivity index (χ3n) is 4.88. The number of fused-ring (bicyclic) bond motifs is 1. The average Bonchev–Trinajstić information content (AvgIpc) is 2.87. The van der Waals surface area contributed by atoms with Gasteiger partial charge in [0, 0.05) is 18.5 Å². The van der Waals surface area contributed by atoms with Crippen molar-refractivity contribution >= 4 is 16.8 Å². The maximum Gasteiger partial charge on any atom is 0.317 e. The first kappa shape index (κ1) is 18.5. The molecule has 2 amide bonds. The summed E-state index contributed by atoms with van der Waals surface area (Å²) in [5.41, 5.74) is -1.06. The number of ether oxygens (including phenoxy) is 1. The molecular weight excluding hydrogens is 332 g/mol. The van der Waals surface area contributed by atoms with Crippen molar-refractivity contribution in [3.8, 4) is 5.75 Å². The Kier molecular flexibility index (Phi) is 5.96. The largest absolute Gasteiger partial charge is 0.491 e. The minimum Gasteiger partial charge on any atom is -0.491 e. The molecule has 1 fully saturated rings. The summed E-state index contributed by atoms with van der Waals surface area (Å²) in [7, 11) is 0. The van der Waals surface area contributed by atoms with Crippen molar-refractivity contribution in [2.75, 3.05) is 32.8 Å². The predicted octanol–water partition coefficient (Wildman–Crippen LogP) is 2.14. The van der Waals surface area contributed by atoms with Gasteiger partial charge in [-0.3, -0.25) is 0 Å². The minimum absolute atomic E-state index is 0.159. The lowest BCUT2D eigenvalue weighted by molar-refractivity contribution is -0.0248. The van der Waals surface area contributed by atoms with E-state index in [1.807, 2.05) is 42.5 Å². The molecule has 0 aromatic heterocycles. The molecule has 1 aliphatic rings. The molecule has 0 bridgehead atoms. The summed E-state index contributed by atoms with van der Waals surface area (Å²) in [6.07, 6.45) is 1.58. The Labute approximate surface area is 153 Å². The number of carbonyl (C=O) groups excluding carboxylic acids is 1. The standard InChI is InChI=1S/C20H26N2O4/c23-15-20(25)9-4-12-22(13-10-20)19(24)21-11-14-26-18-8-3-6-16-5-1-2-7-17(16)18/h1-3,5-8,23,25H,4,9-15H2,(H,21,24)/t20-/m1/s1. The number of hydrogen-bond donors (Lipinski definition) is 3. The number of nitrogens with zero attached hydrogens (tertiary/aromatic N) is 1. The summed E-state index contributed by atoms with van der Waals surface area (Å²) in [6.45, 7) is 1.55. The molecule has 0 unspecified atom stereocenters. The van der Waals surface area contributed by atoms with Crippen molar-refractivity contribution in [2.45, 2.75) is 24.9 Å². The Balaban J connectivity index is 1.47. The van der Waals surface area contributed by atoms with Crippen molar-refractivity contribution in [1.82, 2.24) is 10.2 Å². The third kappa shape index (κ3) is 4.45. The normalized spacial score (nSPS) is 20.6. The second-order valence-corrected chi connectivity index (χ2v) is 6.78. The molecule has 1 atom stereocenters. The molecular formula is C20H26N2O4. The minimum atomic E-state index is -1.06. The summed E-state index contributed by atoms with van der Waals surface area (Å²) < 4.78 is 5.83. The lowest BCUT2D eigenvalue weighted by Crippen LogP contribution is -2.43. The predicted molar refractivity (Wildman–Crippen MR) is 100 cm³/mol. The van der Waals surface area contributed by atoms with Gasteiger partial charge in [0.25, 0.3) is 0 Å². The molecule has 2 aromatic rings. The Morgan fingerprint density at radius 1 is 1.15 bits per heavy atom. The molecule has 26 heavy (non-hydrogen) atoms. The van der Waals surface area contributed by atoms with E-state index in [1.54, 1.807) is 4.90 Å². The van der Waals surface area contributed by atoms with Crippen LogP contribution in [0, 0.1) is 0 Å². The van der Waals surface area contributed by atoms with Crippen molar-refractivity contribution < 1.29 is 19.7 Å². The summed E-state index contributed by atoms with van der Waals surface area (Å²) >= 11 is 0. The average molecular weight is 358 g/mol. The van der Waals surface area contributed by atoms with Gasteiger partial charge < -0.3 is 25.2 Å². The first-order valence-electron chi connectivity index (χ1n) is 9.08. The van der Waals surface area contributed by atoms with Crippen LogP contribution in [0.1, 0.15) is 19.3 Å². The van der Waals surface area contributed by atoms with Crippen LogP contribution in [0.3, 0.4) is 0 Å². The van der Waals surface area contributed by atoms with Crippen LogP contribution in [0.5, 0.6) is 5.75 Å². The topological polar surface area (TPSA) is 82.0 Å². The van der Waals surface area contributed by atoms with Crippen molar-refractivity contribution in [3.63, 3.8) is 0 Å². The van der Waals surface area contributed by atoms with Crippen LogP contribution in [-0.2, 0) is 0 Å². The van der Waals surface area contributed by atoms with Crippen LogP contribution < -0.4 is 10.1 Å².